The van der Waals surface area contributed by atoms with Crippen LogP contribution in [0.5, 0.6) is 0 Å². The van der Waals surface area contributed by atoms with E-state index in [1.807, 2.05) is 24.4 Å². The Kier molecular flexibility index (Phi) is 13.8. The molecule has 0 radical (unpaired) electrons. The number of aromatic nitrogens is 1. The van der Waals surface area contributed by atoms with Crippen molar-refractivity contribution >= 4 is 41.1 Å². The Hall–Kier alpha value is -4.52. The van der Waals surface area contributed by atoms with Gasteiger partial charge in [-0.2, -0.15) is 0 Å². The molecular formula is C43H58N6O6. The van der Waals surface area contributed by atoms with E-state index >= 15 is 0 Å². The third kappa shape index (κ3) is 9.84. The summed E-state index contributed by atoms with van der Waals surface area (Å²) in [5.41, 5.74) is 17.2. The molecule has 1 aromatic heterocycles. The van der Waals surface area contributed by atoms with Gasteiger partial charge in [-0.15, -0.1) is 0 Å². The number of hydrogen-bond acceptors (Lipinski definition) is 10. The summed E-state index contributed by atoms with van der Waals surface area (Å²) < 4.78 is 0. The van der Waals surface area contributed by atoms with Crippen LogP contribution in [0.2, 0.25) is 0 Å². The molecule has 1 saturated carbocycles. The van der Waals surface area contributed by atoms with E-state index in [9.17, 15) is 29.7 Å². The van der Waals surface area contributed by atoms with E-state index in [0.29, 0.717) is 43.6 Å². The van der Waals surface area contributed by atoms with Gasteiger partial charge in [-0.25, -0.2) is 9.79 Å². The van der Waals surface area contributed by atoms with E-state index in [4.69, 9.17) is 16.5 Å². The largest absolute Gasteiger partial charge is 0.478 e. The molecule has 12 heteroatoms. The van der Waals surface area contributed by atoms with Crippen molar-refractivity contribution in [3.8, 4) is 0 Å². The summed E-state index contributed by atoms with van der Waals surface area (Å²) in [4.78, 5) is 43.6. The van der Waals surface area contributed by atoms with Crippen molar-refractivity contribution in [1.29, 1.82) is 0 Å². The minimum atomic E-state index is -1.06. The highest BCUT2D eigenvalue weighted by Crippen LogP contribution is 2.56. The van der Waals surface area contributed by atoms with Crippen molar-refractivity contribution in [3.05, 3.63) is 77.0 Å². The summed E-state index contributed by atoms with van der Waals surface area (Å²) in [6.07, 6.45) is 14.0. The lowest BCUT2D eigenvalue weighted by Gasteiger charge is -2.50. The summed E-state index contributed by atoms with van der Waals surface area (Å²) >= 11 is 0. The Bertz CT molecular complexity index is 1830. The number of aliphatic carboxylic acids is 1. The number of aromatic amines is 1. The number of anilines is 1. The van der Waals surface area contributed by atoms with Gasteiger partial charge in [-0.1, -0.05) is 36.8 Å². The number of benzene rings is 2. The van der Waals surface area contributed by atoms with Gasteiger partial charge in [-0.3, -0.25) is 0 Å². The number of carboxylic acid groups (broad SMARTS) is 1. The summed E-state index contributed by atoms with van der Waals surface area (Å²) in [5.74, 6) is 0.602. The molecule has 0 saturated heterocycles. The number of aliphatic imine (C=N–C) groups is 1. The molecule has 10 N–H and O–H groups in total. The van der Waals surface area contributed by atoms with E-state index < -0.39 is 12.0 Å². The quantitative estimate of drug-likeness (QED) is 0.0577. The number of aliphatic hydroxyl groups excluding tert-OH is 2. The van der Waals surface area contributed by atoms with Crippen LogP contribution in [-0.4, -0.2) is 82.2 Å². The first-order chi connectivity index (χ1) is 26.7. The van der Waals surface area contributed by atoms with E-state index in [0.717, 1.165) is 74.3 Å². The highest BCUT2D eigenvalue weighted by Gasteiger charge is 2.47. The number of carboxylic acids is 1. The topological polar surface area (TPSA) is 216 Å². The maximum Gasteiger partial charge on any atom is 0.328 e. The third-order valence-electron chi connectivity index (χ3n) is 12.4. The molecule has 2 aliphatic carbocycles. The number of nitrogens with zero attached hydrogens (tertiary/aromatic N) is 1. The predicted octanol–water partition coefficient (Wildman–Crippen LogP) is 4.90. The monoisotopic (exact) mass is 754 g/mol. The van der Waals surface area contributed by atoms with Gasteiger partial charge >= 0.3 is 5.97 Å². The number of aldehydes is 2. The molecule has 1 fully saturated rings. The summed E-state index contributed by atoms with van der Waals surface area (Å²) in [7, 11) is 0. The number of nitrogens with two attached hydrogens (primary N) is 2. The SMILES string of the molecule is NC1=N[C@H](/C(=C\C(=O)O)[C@H](Nc2ccc[nH]2)[C@@H]2CC[C@@H]3C[C@H]2[C@@H](CCC[C@@H](N)CC[C@H](C=O)CCCO)c2cc4cc(CC=O)ccc4cc23)C[C@H](CO)N1. The first kappa shape index (κ1) is 40.2. The Morgan fingerprint density at radius 3 is 2.56 bits per heavy atom. The first-order valence-corrected chi connectivity index (χ1v) is 20.1. The molecule has 2 aromatic carbocycles. The summed E-state index contributed by atoms with van der Waals surface area (Å²) in [6, 6.07) is 13.5. The lowest BCUT2D eigenvalue weighted by atomic mass is 9.56. The number of aliphatic hydroxyl groups is 2. The van der Waals surface area contributed by atoms with Crippen molar-refractivity contribution in [2.45, 2.75) is 113 Å². The fourth-order valence-electron chi connectivity index (χ4n) is 9.76. The molecule has 6 rings (SSSR count). The number of guanidine groups is 1. The Morgan fingerprint density at radius 2 is 1.84 bits per heavy atom. The Balaban J connectivity index is 1.36. The zero-order valence-electron chi connectivity index (χ0n) is 31.6. The molecule has 2 bridgehead atoms. The van der Waals surface area contributed by atoms with Crippen LogP contribution in [0.4, 0.5) is 5.82 Å². The van der Waals surface area contributed by atoms with Gasteiger partial charge < -0.3 is 52.0 Å². The molecule has 3 aliphatic rings. The summed E-state index contributed by atoms with van der Waals surface area (Å²) in [5, 5.41) is 38.6. The van der Waals surface area contributed by atoms with Gasteiger partial charge in [0, 0.05) is 37.3 Å². The zero-order valence-corrected chi connectivity index (χ0v) is 31.6. The molecule has 0 amide bonds. The lowest BCUT2D eigenvalue weighted by Crippen LogP contribution is -2.51. The Morgan fingerprint density at radius 1 is 1.00 bits per heavy atom. The second-order valence-corrected chi connectivity index (χ2v) is 16.0. The van der Waals surface area contributed by atoms with Crippen molar-refractivity contribution in [1.82, 2.24) is 10.3 Å². The molecule has 296 valence electrons. The van der Waals surface area contributed by atoms with Crippen LogP contribution in [0, 0.1) is 17.8 Å². The molecule has 9 atom stereocenters. The number of rotatable bonds is 20. The molecule has 3 aromatic rings. The molecule has 2 heterocycles. The first-order valence-electron chi connectivity index (χ1n) is 20.1. The van der Waals surface area contributed by atoms with Crippen LogP contribution in [0.15, 0.2) is 65.3 Å². The molecule has 12 nitrogen and oxygen atoms in total. The molecule has 0 spiro atoms. The van der Waals surface area contributed by atoms with Gasteiger partial charge in [0.05, 0.1) is 24.7 Å². The molecule has 0 unspecified atom stereocenters. The van der Waals surface area contributed by atoms with E-state index in [-0.39, 0.29) is 61.0 Å². The number of carbonyl (C=O) groups is 3. The smallest absolute Gasteiger partial charge is 0.328 e. The van der Waals surface area contributed by atoms with Crippen LogP contribution in [-0.2, 0) is 20.8 Å². The standard InChI is InChI=1S/C43H58N6O6/c44-31(12-9-27(24-52)4-3-16-50)5-1-6-33-36-20-29(35-19-28-10-8-26(14-17-51)18-30(28)21-37(33)35)11-13-34(36)42(49-40-7-2-15-46-40)38(23-41(54)55)39-22-32(25-53)47-43(45)48-39/h2,7-8,10,15,17-19,21,23-24,27,29,31-34,36,39,42,46,49-50,53H,1,3-6,9,11-14,16,20,22,25,44H2,(H,54,55)(H3,45,47,48)/b38-23+/t27-,29-,31-,32-,33-,34-,36+,39+,42-/m1/s1. The summed E-state index contributed by atoms with van der Waals surface area (Å²) in [6.45, 7) is -0.0786. The van der Waals surface area contributed by atoms with Crippen LogP contribution >= 0.6 is 0 Å². The van der Waals surface area contributed by atoms with E-state index in [1.165, 1.54) is 22.6 Å². The fraction of sp³-hybridized carbons (Fsp3) is 0.535. The minimum Gasteiger partial charge on any atom is -0.478 e. The maximum absolute atomic E-state index is 12.6. The van der Waals surface area contributed by atoms with Crippen LogP contribution < -0.4 is 22.1 Å². The van der Waals surface area contributed by atoms with E-state index in [2.05, 4.69) is 39.9 Å². The number of H-pyrrole nitrogens is 1. The number of nitrogens with one attached hydrogen (secondary N) is 3. The fourth-order valence-corrected chi connectivity index (χ4v) is 9.76. The average molecular weight is 755 g/mol. The molecule has 55 heavy (non-hydrogen) atoms. The Labute approximate surface area is 323 Å². The maximum atomic E-state index is 12.6. The highest BCUT2D eigenvalue weighted by atomic mass is 16.4. The van der Waals surface area contributed by atoms with Gasteiger partial charge in [0.15, 0.2) is 5.96 Å². The van der Waals surface area contributed by atoms with Crippen LogP contribution in [0.3, 0.4) is 0 Å². The van der Waals surface area contributed by atoms with Crippen molar-refractivity contribution < 1.29 is 29.7 Å². The molecule has 1 aliphatic heterocycles. The van der Waals surface area contributed by atoms with Gasteiger partial charge in [-0.05, 0) is 133 Å². The normalized spacial score (nSPS) is 25.2. The van der Waals surface area contributed by atoms with Gasteiger partial charge in [0.1, 0.15) is 18.4 Å². The third-order valence-corrected chi connectivity index (χ3v) is 12.4. The number of fused-ring (bicyclic) bond motifs is 5. The average Bonchev–Trinajstić information content (AvgIpc) is 3.70. The lowest BCUT2D eigenvalue weighted by molar-refractivity contribution is -0.131. The minimum absolute atomic E-state index is 0.0489. The van der Waals surface area contributed by atoms with E-state index in [1.54, 1.807) is 0 Å². The van der Waals surface area contributed by atoms with Crippen LogP contribution in [0.1, 0.15) is 99.2 Å². The highest BCUT2D eigenvalue weighted by molar-refractivity contribution is 5.86. The number of hydrogen-bond donors (Lipinski definition) is 8. The molecular weight excluding hydrogens is 697 g/mol. The van der Waals surface area contributed by atoms with Gasteiger partial charge in [0.2, 0.25) is 0 Å². The number of carbonyl (C=O) groups excluding carboxylic acids is 2. The van der Waals surface area contributed by atoms with Crippen LogP contribution in [0.25, 0.3) is 10.8 Å². The zero-order chi connectivity index (χ0) is 38.9. The van der Waals surface area contributed by atoms with Crippen molar-refractivity contribution in [3.63, 3.8) is 0 Å². The van der Waals surface area contributed by atoms with Gasteiger partial charge in [0.25, 0.3) is 0 Å². The van der Waals surface area contributed by atoms with Crippen molar-refractivity contribution in [2.75, 3.05) is 18.5 Å². The van der Waals surface area contributed by atoms with Crippen molar-refractivity contribution in [2.24, 2.45) is 34.2 Å². The second kappa shape index (κ2) is 18.9. The predicted molar refractivity (Wildman–Crippen MR) is 215 cm³/mol. The second-order valence-electron chi connectivity index (χ2n) is 16.0.